The van der Waals surface area contributed by atoms with Crippen LogP contribution in [0.5, 0.6) is 0 Å². The van der Waals surface area contributed by atoms with Crippen LogP contribution >= 0.6 is 31.9 Å². The minimum atomic E-state index is -0.143. The lowest BCUT2D eigenvalue weighted by atomic mass is 10.1. The Balaban J connectivity index is 2.67. The molecule has 4 heteroatoms. The highest BCUT2D eigenvalue weighted by Gasteiger charge is 2.18. The molecular formula is C13H19Br2NO. The molecule has 0 aliphatic heterocycles. The van der Waals surface area contributed by atoms with E-state index in [1.54, 1.807) is 7.11 Å². The molecule has 0 amide bonds. The maximum atomic E-state index is 5.39. The van der Waals surface area contributed by atoms with Crippen LogP contribution < -0.4 is 5.32 Å². The molecule has 2 nitrogen and oxygen atoms in total. The van der Waals surface area contributed by atoms with Crippen molar-refractivity contribution in [3.63, 3.8) is 0 Å². The molecule has 0 saturated heterocycles. The molecule has 1 aromatic rings. The number of benzene rings is 1. The smallest absolute Gasteiger partial charge is 0.0746 e. The third-order valence-electron chi connectivity index (χ3n) is 2.82. The molecule has 0 radical (unpaired) electrons. The average Bonchev–Trinajstić information content (AvgIpc) is 2.26. The maximum absolute atomic E-state index is 5.39. The minimum Gasteiger partial charge on any atom is -0.377 e. The number of rotatable bonds is 5. The Kier molecular flexibility index (Phi) is 5.64. The first-order valence-electron chi connectivity index (χ1n) is 5.59. The summed E-state index contributed by atoms with van der Waals surface area (Å²) in [6.07, 6.45) is 0. The molecular weight excluding hydrogens is 346 g/mol. The van der Waals surface area contributed by atoms with Crippen LogP contribution in [0.25, 0.3) is 0 Å². The molecule has 0 bridgehead atoms. The van der Waals surface area contributed by atoms with Gasteiger partial charge in [-0.15, -0.1) is 0 Å². The molecule has 0 spiro atoms. The van der Waals surface area contributed by atoms with Crippen LogP contribution in [-0.2, 0) is 4.74 Å². The zero-order chi connectivity index (χ0) is 13.1. The molecule has 1 rings (SSSR count). The predicted octanol–water partition coefficient (Wildman–Crippen LogP) is 4.29. The quantitative estimate of drug-likeness (QED) is 0.841. The second-order valence-corrected chi connectivity index (χ2v) is 6.50. The van der Waals surface area contributed by atoms with Crippen molar-refractivity contribution in [1.82, 2.24) is 5.32 Å². The van der Waals surface area contributed by atoms with Crippen molar-refractivity contribution in [3.05, 3.63) is 32.7 Å². The van der Waals surface area contributed by atoms with Gasteiger partial charge in [0.05, 0.1) is 5.60 Å². The molecule has 1 unspecified atom stereocenters. The van der Waals surface area contributed by atoms with E-state index in [4.69, 9.17) is 4.74 Å². The predicted molar refractivity (Wildman–Crippen MR) is 79.3 cm³/mol. The topological polar surface area (TPSA) is 21.3 Å². The SMILES string of the molecule is COC(C)(C)CNC(C)c1ccc(Br)cc1Br. The van der Waals surface area contributed by atoms with E-state index in [0.717, 1.165) is 15.5 Å². The monoisotopic (exact) mass is 363 g/mol. The third-order valence-corrected chi connectivity index (χ3v) is 4.00. The van der Waals surface area contributed by atoms with Gasteiger partial charge >= 0.3 is 0 Å². The third kappa shape index (κ3) is 4.70. The van der Waals surface area contributed by atoms with E-state index in [1.807, 2.05) is 0 Å². The Morgan fingerprint density at radius 1 is 1.35 bits per heavy atom. The standard InChI is InChI=1S/C13H19Br2NO/c1-9(16-8-13(2,3)17-4)11-6-5-10(14)7-12(11)15/h5-7,9,16H,8H2,1-4H3. The highest BCUT2D eigenvalue weighted by atomic mass is 79.9. The lowest BCUT2D eigenvalue weighted by Crippen LogP contribution is -2.37. The van der Waals surface area contributed by atoms with Gasteiger partial charge in [0.15, 0.2) is 0 Å². The van der Waals surface area contributed by atoms with Crippen LogP contribution in [-0.4, -0.2) is 19.3 Å². The minimum absolute atomic E-state index is 0.143. The van der Waals surface area contributed by atoms with E-state index in [9.17, 15) is 0 Å². The summed E-state index contributed by atoms with van der Waals surface area (Å²) in [6, 6.07) is 6.52. The van der Waals surface area contributed by atoms with Crippen LogP contribution in [0.4, 0.5) is 0 Å². The van der Waals surface area contributed by atoms with Crippen LogP contribution in [0.1, 0.15) is 32.4 Å². The summed E-state index contributed by atoms with van der Waals surface area (Å²) < 4.78 is 7.59. The Hall–Kier alpha value is 0.1000. The molecule has 0 fully saturated rings. The summed E-state index contributed by atoms with van der Waals surface area (Å²) in [5, 5.41) is 3.48. The molecule has 1 aromatic carbocycles. The van der Waals surface area contributed by atoms with Crippen molar-refractivity contribution >= 4 is 31.9 Å². The molecule has 17 heavy (non-hydrogen) atoms. The first-order valence-corrected chi connectivity index (χ1v) is 7.18. The Morgan fingerprint density at radius 2 is 2.00 bits per heavy atom. The lowest BCUT2D eigenvalue weighted by Gasteiger charge is -2.26. The van der Waals surface area contributed by atoms with Crippen LogP contribution in [0, 0.1) is 0 Å². The zero-order valence-electron chi connectivity index (χ0n) is 10.7. The normalized spacial score (nSPS) is 13.8. The van der Waals surface area contributed by atoms with Crippen LogP contribution in [0.15, 0.2) is 27.1 Å². The maximum Gasteiger partial charge on any atom is 0.0746 e. The second kappa shape index (κ2) is 6.32. The molecule has 0 saturated carbocycles. The van der Waals surface area contributed by atoms with E-state index in [-0.39, 0.29) is 11.6 Å². The number of hydrogen-bond donors (Lipinski definition) is 1. The highest BCUT2D eigenvalue weighted by Crippen LogP contribution is 2.27. The van der Waals surface area contributed by atoms with E-state index in [1.165, 1.54) is 5.56 Å². The Labute approximate surface area is 120 Å². The van der Waals surface area contributed by atoms with Gasteiger partial charge in [0, 0.05) is 28.6 Å². The van der Waals surface area contributed by atoms with Crippen molar-refractivity contribution in [2.75, 3.05) is 13.7 Å². The van der Waals surface area contributed by atoms with E-state index >= 15 is 0 Å². The summed E-state index contributed by atoms with van der Waals surface area (Å²) in [7, 11) is 1.74. The average molecular weight is 365 g/mol. The Morgan fingerprint density at radius 3 is 2.53 bits per heavy atom. The van der Waals surface area contributed by atoms with Gasteiger partial charge in [-0.1, -0.05) is 37.9 Å². The zero-order valence-corrected chi connectivity index (χ0v) is 13.9. The Bertz CT molecular complexity index is 380. The second-order valence-electron chi connectivity index (χ2n) is 4.73. The fourth-order valence-electron chi connectivity index (χ4n) is 1.43. The number of nitrogens with one attached hydrogen (secondary N) is 1. The van der Waals surface area contributed by atoms with Crippen LogP contribution in [0.2, 0.25) is 0 Å². The fourth-order valence-corrected chi connectivity index (χ4v) is 2.82. The number of ether oxygens (including phenoxy) is 1. The first kappa shape index (κ1) is 15.2. The van der Waals surface area contributed by atoms with E-state index in [0.29, 0.717) is 0 Å². The first-order chi connectivity index (χ1) is 7.85. The van der Waals surface area contributed by atoms with E-state index < -0.39 is 0 Å². The van der Waals surface area contributed by atoms with Gasteiger partial charge in [-0.05, 0) is 38.5 Å². The van der Waals surface area contributed by atoms with Gasteiger partial charge in [0.2, 0.25) is 0 Å². The largest absolute Gasteiger partial charge is 0.377 e. The summed E-state index contributed by atoms with van der Waals surface area (Å²) >= 11 is 7.04. The molecule has 0 aliphatic carbocycles. The van der Waals surface area contributed by atoms with Gasteiger partial charge in [-0.3, -0.25) is 0 Å². The fraction of sp³-hybridized carbons (Fsp3) is 0.538. The summed E-state index contributed by atoms with van der Waals surface area (Å²) in [5.74, 6) is 0. The highest BCUT2D eigenvalue weighted by molar-refractivity contribution is 9.11. The van der Waals surface area contributed by atoms with Crippen molar-refractivity contribution < 1.29 is 4.74 Å². The van der Waals surface area contributed by atoms with Gasteiger partial charge in [0.25, 0.3) is 0 Å². The van der Waals surface area contributed by atoms with Crippen LogP contribution in [0.3, 0.4) is 0 Å². The molecule has 0 aliphatic rings. The molecule has 0 heterocycles. The van der Waals surface area contributed by atoms with E-state index in [2.05, 4.69) is 76.1 Å². The molecule has 1 N–H and O–H groups in total. The van der Waals surface area contributed by atoms with Gasteiger partial charge < -0.3 is 10.1 Å². The van der Waals surface area contributed by atoms with Gasteiger partial charge in [-0.2, -0.15) is 0 Å². The van der Waals surface area contributed by atoms with Gasteiger partial charge in [-0.25, -0.2) is 0 Å². The van der Waals surface area contributed by atoms with Crippen molar-refractivity contribution in [3.8, 4) is 0 Å². The molecule has 1 atom stereocenters. The van der Waals surface area contributed by atoms with Crippen molar-refractivity contribution in [2.24, 2.45) is 0 Å². The molecule has 0 aromatic heterocycles. The number of hydrogen-bond acceptors (Lipinski definition) is 2. The number of halogens is 2. The van der Waals surface area contributed by atoms with Crippen molar-refractivity contribution in [2.45, 2.75) is 32.4 Å². The summed E-state index contributed by atoms with van der Waals surface area (Å²) in [5.41, 5.74) is 1.11. The number of methoxy groups -OCH3 is 1. The lowest BCUT2D eigenvalue weighted by molar-refractivity contribution is 0.0214. The van der Waals surface area contributed by atoms with Gasteiger partial charge in [0.1, 0.15) is 0 Å². The van der Waals surface area contributed by atoms with Crippen molar-refractivity contribution in [1.29, 1.82) is 0 Å². The molecule has 96 valence electrons. The summed E-state index contributed by atoms with van der Waals surface area (Å²) in [4.78, 5) is 0. The summed E-state index contributed by atoms with van der Waals surface area (Å²) in [6.45, 7) is 7.11.